The largest absolute Gasteiger partial charge is 0.568 e. The fourth-order valence-corrected chi connectivity index (χ4v) is 1.17. The summed E-state index contributed by atoms with van der Waals surface area (Å²) in [4.78, 5) is 0. The van der Waals surface area contributed by atoms with Crippen molar-refractivity contribution in [1.82, 2.24) is 0 Å². The van der Waals surface area contributed by atoms with Crippen molar-refractivity contribution >= 4 is 8.05 Å². The molecular weight excluding hydrogens is 147 g/mol. The van der Waals surface area contributed by atoms with Gasteiger partial charge in [-0.1, -0.05) is 25.5 Å². The van der Waals surface area contributed by atoms with Gasteiger partial charge in [0.1, 0.15) is 0 Å². The van der Waals surface area contributed by atoms with Crippen LogP contribution in [-0.4, -0.2) is 8.05 Å². The molecule has 0 bridgehead atoms. The fourth-order valence-electron chi connectivity index (χ4n) is 1.17. The smallest absolute Gasteiger partial charge is 0.322 e. The number of hydrogen-bond acceptors (Lipinski definition) is 1. The van der Waals surface area contributed by atoms with Gasteiger partial charge in [-0.15, -0.1) is 0 Å². The average Bonchev–Trinajstić information content (AvgIpc) is 2.15. The van der Waals surface area contributed by atoms with Crippen LogP contribution in [0.3, 0.4) is 0 Å². The van der Waals surface area contributed by atoms with Gasteiger partial charge in [0.05, 0.1) is 5.75 Å². The zero-order valence-corrected chi connectivity index (χ0v) is 7.84. The van der Waals surface area contributed by atoms with Gasteiger partial charge in [0.25, 0.3) is 0 Å². The first-order valence-electron chi connectivity index (χ1n) is 4.49. The van der Waals surface area contributed by atoms with Gasteiger partial charge in [-0.25, -0.2) is 0 Å². The van der Waals surface area contributed by atoms with Crippen molar-refractivity contribution in [3.05, 3.63) is 29.8 Å². The molecule has 0 radical (unpaired) electrons. The summed E-state index contributed by atoms with van der Waals surface area (Å²) in [7, 11) is 1.70. The van der Waals surface area contributed by atoms with E-state index in [1.54, 1.807) is 8.05 Å². The summed E-state index contributed by atoms with van der Waals surface area (Å²) in [5, 5.41) is 0. The van der Waals surface area contributed by atoms with Crippen LogP contribution in [0.1, 0.15) is 25.3 Å². The van der Waals surface area contributed by atoms with Crippen molar-refractivity contribution in [2.45, 2.75) is 26.2 Å². The lowest BCUT2D eigenvalue weighted by atomic mass is 10.1. The molecule has 0 saturated heterocycles. The van der Waals surface area contributed by atoms with Gasteiger partial charge < -0.3 is 4.65 Å². The Labute approximate surface area is 75.2 Å². The number of unbranched alkanes of at least 4 members (excludes halogenated alkanes) is 1. The van der Waals surface area contributed by atoms with Gasteiger partial charge in [0.15, 0.2) is 0 Å². The number of aryl methyl sites for hydroxylation is 1. The molecule has 0 N–H and O–H groups in total. The maximum Gasteiger partial charge on any atom is 0.322 e. The highest BCUT2D eigenvalue weighted by Crippen LogP contribution is 2.12. The average molecular weight is 162 g/mol. The summed E-state index contributed by atoms with van der Waals surface area (Å²) in [6.07, 6.45) is 3.71. The molecule has 0 aliphatic heterocycles. The van der Waals surface area contributed by atoms with Crippen LogP contribution >= 0.6 is 0 Å². The predicted octanol–water partition coefficient (Wildman–Crippen LogP) is 1.96. The van der Waals surface area contributed by atoms with Gasteiger partial charge >= 0.3 is 8.05 Å². The molecule has 1 rings (SSSR count). The molecule has 0 aliphatic rings. The minimum atomic E-state index is 0.940. The van der Waals surface area contributed by atoms with E-state index in [0.717, 1.165) is 5.75 Å². The Morgan fingerprint density at radius 1 is 1.25 bits per heavy atom. The Morgan fingerprint density at radius 2 is 1.92 bits per heavy atom. The van der Waals surface area contributed by atoms with E-state index >= 15 is 0 Å². The predicted molar refractivity (Wildman–Crippen MR) is 54.2 cm³/mol. The zero-order valence-electron chi connectivity index (χ0n) is 7.84. The van der Waals surface area contributed by atoms with Crippen LogP contribution in [0.5, 0.6) is 5.75 Å². The summed E-state index contributed by atoms with van der Waals surface area (Å²) in [5.74, 6) is 0.940. The molecular formula is C10H15BO. The lowest BCUT2D eigenvalue weighted by Crippen LogP contribution is -1.87. The van der Waals surface area contributed by atoms with Crippen LogP contribution in [0, 0.1) is 0 Å². The van der Waals surface area contributed by atoms with Crippen LogP contribution in [0.2, 0.25) is 0 Å². The molecule has 0 unspecified atom stereocenters. The molecule has 0 amide bonds. The maximum atomic E-state index is 5.07. The number of hydrogen-bond donors (Lipinski definition) is 0. The third-order valence-electron chi connectivity index (χ3n) is 1.98. The monoisotopic (exact) mass is 162 g/mol. The third-order valence-corrected chi connectivity index (χ3v) is 1.98. The van der Waals surface area contributed by atoms with Crippen LogP contribution in [0.4, 0.5) is 0 Å². The van der Waals surface area contributed by atoms with Gasteiger partial charge in [0, 0.05) is 0 Å². The highest BCUT2D eigenvalue weighted by molar-refractivity contribution is 5.99. The van der Waals surface area contributed by atoms with Gasteiger partial charge in [0.2, 0.25) is 0 Å². The molecule has 12 heavy (non-hydrogen) atoms. The molecule has 2 heteroatoms. The number of benzene rings is 1. The summed E-state index contributed by atoms with van der Waals surface area (Å²) < 4.78 is 5.07. The fraction of sp³-hybridized carbons (Fsp3) is 0.400. The second kappa shape index (κ2) is 4.86. The van der Waals surface area contributed by atoms with Crippen molar-refractivity contribution < 1.29 is 4.65 Å². The molecule has 64 valence electrons. The zero-order chi connectivity index (χ0) is 8.81. The Morgan fingerprint density at radius 3 is 2.42 bits per heavy atom. The lowest BCUT2D eigenvalue weighted by molar-refractivity contribution is 0.615. The molecule has 0 atom stereocenters. The van der Waals surface area contributed by atoms with E-state index in [1.807, 2.05) is 12.1 Å². The van der Waals surface area contributed by atoms with Gasteiger partial charge in [-0.2, -0.15) is 0 Å². The topological polar surface area (TPSA) is 9.23 Å². The van der Waals surface area contributed by atoms with E-state index in [2.05, 4.69) is 19.1 Å². The summed E-state index contributed by atoms with van der Waals surface area (Å²) in [5.41, 5.74) is 1.40. The quantitative estimate of drug-likeness (QED) is 0.615. The van der Waals surface area contributed by atoms with E-state index in [9.17, 15) is 0 Å². The van der Waals surface area contributed by atoms with Crippen LogP contribution in [0.25, 0.3) is 0 Å². The Kier molecular flexibility index (Phi) is 3.72. The molecule has 0 aliphatic carbocycles. The second-order valence-electron chi connectivity index (χ2n) is 2.95. The summed E-state index contributed by atoms with van der Waals surface area (Å²) in [6, 6.07) is 8.30. The van der Waals surface area contributed by atoms with E-state index in [1.165, 1.54) is 24.8 Å². The first kappa shape index (κ1) is 9.18. The third kappa shape index (κ3) is 2.61. The first-order valence-corrected chi connectivity index (χ1v) is 4.49. The Hall–Kier alpha value is -0.915. The van der Waals surface area contributed by atoms with E-state index in [4.69, 9.17) is 4.65 Å². The Bertz CT molecular complexity index is 218. The van der Waals surface area contributed by atoms with Crippen molar-refractivity contribution in [3.8, 4) is 5.75 Å². The molecule has 0 spiro atoms. The van der Waals surface area contributed by atoms with Gasteiger partial charge in [-0.3, -0.25) is 0 Å². The van der Waals surface area contributed by atoms with Crippen molar-refractivity contribution in [3.63, 3.8) is 0 Å². The SMILES string of the molecule is BOc1ccc(CCCC)cc1. The standard InChI is InChI=1S/C10H15BO/c1-2-3-4-9-5-7-10(12-11)8-6-9/h5-8H,2-4,11H2,1H3. The minimum absolute atomic E-state index is 0.940. The summed E-state index contributed by atoms with van der Waals surface area (Å²) >= 11 is 0. The van der Waals surface area contributed by atoms with E-state index < -0.39 is 0 Å². The van der Waals surface area contributed by atoms with E-state index in [0.29, 0.717) is 0 Å². The highest BCUT2D eigenvalue weighted by atomic mass is 16.4. The molecule has 1 aromatic carbocycles. The number of rotatable bonds is 4. The first-order chi connectivity index (χ1) is 5.86. The minimum Gasteiger partial charge on any atom is -0.568 e. The lowest BCUT2D eigenvalue weighted by Gasteiger charge is -2.02. The van der Waals surface area contributed by atoms with Gasteiger partial charge in [-0.05, 0) is 30.5 Å². The van der Waals surface area contributed by atoms with Crippen LogP contribution < -0.4 is 4.65 Å². The maximum absolute atomic E-state index is 5.07. The van der Waals surface area contributed by atoms with Crippen LogP contribution in [-0.2, 0) is 6.42 Å². The van der Waals surface area contributed by atoms with Crippen molar-refractivity contribution in [1.29, 1.82) is 0 Å². The molecule has 0 saturated carbocycles. The van der Waals surface area contributed by atoms with Crippen molar-refractivity contribution in [2.75, 3.05) is 0 Å². The Balaban J connectivity index is 2.53. The molecule has 0 aromatic heterocycles. The molecule has 1 nitrogen and oxygen atoms in total. The summed E-state index contributed by atoms with van der Waals surface area (Å²) in [6.45, 7) is 2.21. The van der Waals surface area contributed by atoms with Crippen molar-refractivity contribution in [2.24, 2.45) is 0 Å². The normalized spacial score (nSPS) is 9.75. The van der Waals surface area contributed by atoms with Crippen LogP contribution in [0.15, 0.2) is 24.3 Å². The molecule has 0 fully saturated rings. The second-order valence-corrected chi connectivity index (χ2v) is 2.95. The highest BCUT2D eigenvalue weighted by Gasteiger charge is 1.92. The molecule has 0 heterocycles. The molecule has 1 aromatic rings. The van der Waals surface area contributed by atoms with E-state index in [-0.39, 0.29) is 0 Å².